The maximum absolute atomic E-state index is 11.6. The molecule has 2 saturated heterocycles. The van der Waals surface area contributed by atoms with Gasteiger partial charge in [-0.1, -0.05) is 0 Å². The molecule has 2 rings (SSSR count). The number of likely N-dealkylation sites (N-methyl/N-ethyl adjacent to an activating group) is 1. The molecule has 4 heteroatoms. The van der Waals surface area contributed by atoms with E-state index in [9.17, 15) is 4.79 Å². The normalized spacial score (nSPS) is 25.7. The molecule has 0 bridgehead atoms. The molecular weight excluding hydrogens is 298 g/mol. The predicted octanol–water partition coefficient (Wildman–Crippen LogP) is 3.26. The van der Waals surface area contributed by atoms with E-state index < -0.39 is 0 Å². The van der Waals surface area contributed by atoms with Crippen LogP contribution in [-0.2, 0) is 4.79 Å². The van der Waals surface area contributed by atoms with Gasteiger partial charge in [-0.05, 0) is 75.4 Å². The molecule has 0 aromatic carbocycles. The van der Waals surface area contributed by atoms with Crippen molar-refractivity contribution < 1.29 is 4.79 Å². The van der Waals surface area contributed by atoms with Crippen LogP contribution in [0.5, 0.6) is 0 Å². The number of ketones is 1. The Morgan fingerprint density at radius 2 is 1.42 bits per heavy atom. The summed E-state index contributed by atoms with van der Waals surface area (Å²) in [5.74, 6) is 0.391. The summed E-state index contributed by atoms with van der Waals surface area (Å²) in [6.07, 6.45) is 1.79. The molecule has 2 aliphatic heterocycles. The molecule has 0 N–H and O–H groups in total. The maximum Gasteiger partial charge on any atom is 0.152 e. The zero-order valence-electron chi connectivity index (χ0n) is 17.6. The third kappa shape index (κ3) is 5.27. The number of Topliss-reactive ketones (excluding diaryl/α,β-unsaturated/α-hetero) is 1. The second-order valence-electron chi connectivity index (χ2n) is 9.21. The van der Waals surface area contributed by atoms with E-state index in [1.165, 1.54) is 19.6 Å². The van der Waals surface area contributed by atoms with Gasteiger partial charge in [0.15, 0.2) is 5.78 Å². The third-order valence-corrected chi connectivity index (χ3v) is 5.61. The van der Waals surface area contributed by atoms with E-state index in [0.29, 0.717) is 23.4 Å². The van der Waals surface area contributed by atoms with Gasteiger partial charge in [0.1, 0.15) is 0 Å². The topological polar surface area (TPSA) is 26.8 Å². The first kappa shape index (κ1) is 21.6. The van der Waals surface area contributed by atoms with Gasteiger partial charge in [-0.15, -0.1) is 0 Å². The Bertz CT molecular complexity index is 415. The van der Waals surface area contributed by atoms with E-state index in [2.05, 4.69) is 63.3 Å². The van der Waals surface area contributed by atoms with Crippen molar-refractivity contribution in [1.82, 2.24) is 14.7 Å². The Hall–Kier alpha value is -0.450. The van der Waals surface area contributed by atoms with Crippen molar-refractivity contribution in [2.24, 2.45) is 0 Å². The van der Waals surface area contributed by atoms with Gasteiger partial charge in [-0.25, -0.2) is 0 Å². The molecule has 142 valence electrons. The van der Waals surface area contributed by atoms with Crippen LogP contribution in [0.25, 0.3) is 0 Å². The Balaban J connectivity index is 0.000000240. The van der Waals surface area contributed by atoms with Crippen LogP contribution in [0.15, 0.2) is 0 Å². The number of piperazine rings is 1. The van der Waals surface area contributed by atoms with Crippen LogP contribution in [0.2, 0.25) is 0 Å². The monoisotopic (exact) mass is 339 g/mol. The van der Waals surface area contributed by atoms with Crippen LogP contribution in [0.3, 0.4) is 0 Å². The maximum atomic E-state index is 11.6. The summed E-state index contributed by atoms with van der Waals surface area (Å²) in [4.78, 5) is 18.9. The third-order valence-electron chi connectivity index (χ3n) is 5.61. The van der Waals surface area contributed by atoms with E-state index in [1.54, 1.807) is 0 Å². The number of nitrogens with zero attached hydrogens (tertiary/aromatic N) is 3. The van der Waals surface area contributed by atoms with Gasteiger partial charge in [0.2, 0.25) is 0 Å². The van der Waals surface area contributed by atoms with Crippen LogP contribution in [0, 0.1) is 0 Å². The number of hydrogen-bond donors (Lipinski definition) is 0. The van der Waals surface area contributed by atoms with Crippen molar-refractivity contribution in [2.75, 3.05) is 33.2 Å². The highest BCUT2D eigenvalue weighted by molar-refractivity contribution is 5.88. The molecular formula is C20H41N3O. The summed E-state index contributed by atoms with van der Waals surface area (Å²) < 4.78 is 0. The number of piperidine rings is 1. The summed E-state index contributed by atoms with van der Waals surface area (Å²) in [6.45, 7) is 22.3. The van der Waals surface area contributed by atoms with Crippen LogP contribution < -0.4 is 0 Å². The second kappa shape index (κ2) is 8.29. The average molecular weight is 340 g/mol. The number of hydrogen-bond acceptors (Lipinski definition) is 4. The lowest BCUT2D eigenvalue weighted by molar-refractivity contribution is -0.134. The summed E-state index contributed by atoms with van der Waals surface area (Å²) in [6, 6.07) is 1.15. The highest BCUT2D eigenvalue weighted by Crippen LogP contribution is 2.26. The fourth-order valence-corrected chi connectivity index (χ4v) is 4.43. The molecule has 0 saturated carbocycles. The summed E-state index contributed by atoms with van der Waals surface area (Å²) in [7, 11) is 2.21. The molecule has 0 aromatic heterocycles. The second-order valence-corrected chi connectivity index (χ2v) is 9.21. The van der Waals surface area contributed by atoms with Crippen molar-refractivity contribution in [1.29, 1.82) is 0 Å². The SMILES string of the molecule is CC(C)N1CCCC(=O)C1(C)C.CC(C)N1CCN(C)CC1(C)C. The highest BCUT2D eigenvalue weighted by Gasteiger charge is 2.38. The first-order valence-corrected chi connectivity index (χ1v) is 9.65. The molecule has 0 aliphatic carbocycles. The zero-order valence-corrected chi connectivity index (χ0v) is 17.6. The molecule has 0 spiro atoms. The summed E-state index contributed by atoms with van der Waals surface area (Å²) in [5, 5.41) is 0. The van der Waals surface area contributed by atoms with Crippen LogP contribution in [-0.4, -0.2) is 76.9 Å². The Labute approximate surface area is 150 Å². The van der Waals surface area contributed by atoms with Gasteiger partial charge in [0, 0.05) is 43.7 Å². The molecule has 2 aliphatic rings. The molecule has 0 aromatic rings. The fraction of sp³-hybridized carbons (Fsp3) is 0.950. The van der Waals surface area contributed by atoms with Crippen molar-refractivity contribution >= 4 is 5.78 Å². The zero-order chi connectivity index (χ0) is 18.7. The van der Waals surface area contributed by atoms with Crippen LogP contribution in [0.4, 0.5) is 0 Å². The van der Waals surface area contributed by atoms with Crippen molar-refractivity contribution in [2.45, 2.75) is 91.4 Å². The Morgan fingerprint density at radius 3 is 1.83 bits per heavy atom. The van der Waals surface area contributed by atoms with E-state index in [0.717, 1.165) is 19.4 Å². The van der Waals surface area contributed by atoms with E-state index in [1.807, 2.05) is 13.8 Å². The van der Waals surface area contributed by atoms with Gasteiger partial charge >= 0.3 is 0 Å². The summed E-state index contributed by atoms with van der Waals surface area (Å²) in [5.41, 5.74) is 0.119. The number of carbonyl (C=O) groups is 1. The minimum absolute atomic E-state index is 0.230. The van der Waals surface area contributed by atoms with E-state index >= 15 is 0 Å². The molecule has 0 unspecified atom stereocenters. The molecule has 0 amide bonds. The molecule has 0 atom stereocenters. The number of likely N-dealkylation sites (tertiary alicyclic amines) is 1. The van der Waals surface area contributed by atoms with Gasteiger partial charge < -0.3 is 4.90 Å². The highest BCUT2D eigenvalue weighted by atomic mass is 16.1. The Morgan fingerprint density at radius 1 is 0.875 bits per heavy atom. The summed E-state index contributed by atoms with van der Waals surface area (Å²) >= 11 is 0. The van der Waals surface area contributed by atoms with Crippen molar-refractivity contribution in [3.63, 3.8) is 0 Å². The smallest absolute Gasteiger partial charge is 0.152 e. The van der Waals surface area contributed by atoms with Crippen molar-refractivity contribution in [3.8, 4) is 0 Å². The largest absolute Gasteiger partial charge is 0.303 e. The van der Waals surface area contributed by atoms with Gasteiger partial charge in [0.25, 0.3) is 0 Å². The molecule has 24 heavy (non-hydrogen) atoms. The van der Waals surface area contributed by atoms with Crippen molar-refractivity contribution in [3.05, 3.63) is 0 Å². The molecule has 2 heterocycles. The van der Waals surface area contributed by atoms with Gasteiger partial charge in [-0.2, -0.15) is 0 Å². The lowest BCUT2D eigenvalue weighted by atomic mass is 9.88. The lowest BCUT2D eigenvalue weighted by Crippen LogP contribution is -2.60. The molecule has 0 radical (unpaired) electrons. The predicted molar refractivity (Wildman–Crippen MR) is 104 cm³/mol. The quantitative estimate of drug-likeness (QED) is 0.771. The minimum Gasteiger partial charge on any atom is -0.303 e. The van der Waals surface area contributed by atoms with E-state index in [4.69, 9.17) is 0 Å². The lowest BCUT2D eigenvalue weighted by Gasteiger charge is -2.48. The number of carbonyl (C=O) groups excluding carboxylic acids is 1. The standard InChI is InChI=1S/C10H22N2.C10H19NO/c1-9(2)12-7-6-11(5)8-10(12,3)4;1-8(2)11-7-5-6-9(12)10(11,3)4/h9H,6-8H2,1-5H3;8H,5-7H2,1-4H3. The van der Waals surface area contributed by atoms with Crippen LogP contribution >= 0.6 is 0 Å². The van der Waals surface area contributed by atoms with E-state index in [-0.39, 0.29) is 5.54 Å². The minimum atomic E-state index is -0.230. The molecule has 2 fully saturated rings. The first-order chi connectivity index (χ1) is 10.9. The van der Waals surface area contributed by atoms with Gasteiger partial charge in [0.05, 0.1) is 5.54 Å². The Kier molecular flexibility index (Phi) is 7.46. The fourth-order valence-electron chi connectivity index (χ4n) is 4.43. The first-order valence-electron chi connectivity index (χ1n) is 9.65. The average Bonchev–Trinajstić information content (AvgIpc) is 2.40. The van der Waals surface area contributed by atoms with Gasteiger partial charge in [-0.3, -0.25) is 14.6 Å². The number of rotatable bonds is 2. The van der Waals surface area contributed by atoms with Crippen LogP contribution in [0.1, 0.15) is 68.2 Å². The molecule has 4 nitrogen and oxygen atoms in total.